The van der Waals surface area contributed by atoms with Crippen LogP contribution in [0.15, 0.2) is 23.1 Å². The zero-order chi connectivity index (χ0) is 24.7. The number of nitrogens with zero attached hydrogens (tertiary/aromatic N) is 3. The van der Waals surface area contributed by atoms with Crippen LogP contribution in [0.3, 0.4) is 0 Å². The van der Waals surface area contributed by atoms with Gasteiger partial charge in [-0.05, 0) is 76.0 Å². The Morgan fingerprint density at radius 1 is 1.06 bits per heavy atom. The van der Waals surface area contributed by atoms with E-state index in [-0.39, 0.29) is 22.8 Å². The highest BCUT2D eigenvalue weighted by Crippen LogP contribution is 2.35. The fourth-order valence-electron chi connectivity index (χ4n) is 4.28. The molecule has 1 heterocycles. The van der Waals surface area contributed by atoms with Crippen LogP contribution in [-0.4, -0.2) is 50.1 Å². The van der Waals surface area contributed by atoms with Crippen LogP contribution in [0.25, 0.3) is 0 Å². The van der Waals surface area contributed by atoms with Crippen LogP contribution in [-0.2, 0) is 10.0 Å². The monoisotopic (exact) mass is 491 g/mol. The zero-order valence-electron chi connectivity index (χ0n) is 20.5. The third-order valence-corrected chi connectivity index (χ3v) is 7.64. The summed E-state index contributed by atoms with van der Waals surface area (Å²) in [6.45, 7) is 7.64. The van der Waals surface area contributed by atoms with Crippen molar-refractivity contribution in [1.82, 2.24) is 19.7 Å². The smallest absolute Gasteiger partial charge is 0.244 e. The van der Waals surface area contributed by atoms with Gasteiger partial charge < -0.3 is 21.1 Å². The molecule has 0 saturated heterocycles. The van der Waals surface area contributed by atoms with Crippen LogP contribution in [0.5, 0.6) is 5.75 Å². The standard InChI is InChI=1S/C23H37N7O3S/c1-5-25-22-28-21(29-23(30-22)26-6-2)20(24)17-10-8-16(9-11-17)14-27-34(31,32)19-13-15(3)7-12-18(19)33-4/h7,12-13,16-17,20,27H,5-6,8-11,14,24H2,1-4H3,(H2,25,26,28,29,30). The number of sulfonamides is 1. The van der Waals surface area contributed by atoms with Crippen LogP contribution in [0.1, 0.15) is 57.0 Å². The molecule has 2 aromatic rings. The first-order valence-corrected chi connectivity index (χ1v) is 13.4. The molecule has 0 spiro atoms. The van der Waals surface area contributed by atoms with E-state index in [2.05, 4.69) is 30.3 Å². The summed E-state index contributed by atoms with van der Waals surface area (Å²) in [5.41, 5.74) is 7.44. The van der Waals surface area contributed by atoms with Gasteiger partial charge in [0.1, 0.15) is 10.6 Å². The molecule has 0 aliphatic heterocycles. The van der Waals surface area contributed by atoms with E-state index >= 15 is 0 Å². The molecular weight excluding hydrogens is 454 g/mol. The molecule has 1 aliphatic carbocycles. The molecular formula is C23H37N7O3S. The molecule has 34 heavy (non-hydrogen) atoms. The van der Waals surface area contributed by atoms with E-state index in [1.807, 2.05) is 26.8 Å². The van der Waals surface area contributed by atoms with E-state index in [0.29, 0.717) is 43.1 Å². The Morgan fingerprint density at radius 2 is 1.68 bits per heavy atom. The van der Waals surface area contributed by atoms with E-state index in [1.54, 1.807) is 12.1 Å². The lowest BCUT2D eigenvalue weighted by Crippen LogP contribution is -2.34. The highest BCUT2D eigenvalue weighted by atomic mass is 32.2. The van der Waals surface area contributed by atoms with Crippen molar-refractivity contribution in [2.75, 3.05) is 37.4 Å². The summed E-state index contributed by atoms with van der Waals surface area (Å²) in [6, 6.07) is 4.85. The molecule has 1 atom stereocenters. The lowest BCUT2D eigenvalue weighted by Gasteiger charge is -2.31. The Morgan fingerprint density at radius 3 is 2.24 bits per heavy atom. The van der Waals surface area contributed by atoms with E-state index in [0.717, 1.165) is 31.2 Å². The van der Waals surface area contributed by atoms with Crippen LogP contribution >= 0.6 is 0 Å². The molecule has 1 fully saturated rings. The number of benzene rings is 1. The quantitative estimate of drug-likeness (QED) is 0.373. The Labute approximate surface area is 202 Å². The van der Waals surface area contributed by atoms with Gasteiger partial charge in [-0.15, -0.1) is 0 Å². The number of nitrogens with one attached hydrogen (secondary N) is 3. The number of nitrogens with two attached hydrogens (primary N) is 1. The summed E-state index contributed by atoms with van der Waals surface area (Å²) in [5.74, 6) is 2.46. The molecule has 1 saturated carbocycles. The van der Waals surface area contributed by atoms with Gasteiger partial charge in [-0.25, -0.2) is 13.1 Å². The first-order valence-electron chi connectivity index (χ1n) is 11.9. The lowest BCUT2D eigenvalue weighted by atomic mass is 9.78. The molecule has 1 aliphatic rings. The van der Waals surface area contributed by atoms with Gasteiger partial charge in [0.2, 0.25) is 21.9 Å². The number of hydrogen-bond acceptors (Lipinski definition) is 9. The third-order valence-electron chi connectivity index (χ3n) is 6.19. The zero-order valence-corrected chi connectivity index (χ0v) is 21.3. The number of ether oxygens (including phenoxy) is 1. The predicted octanol–water partition coefficient (Wildman–Crippen LogP) is 2.84. The van der Waals surface area contributed by atoms with Crippen molar-refractivity contribution < 1.29 is 13.2 Å². The van der Waals surface area contributed by atoms with Crippen LogP contribution in [0.4, 0.5) is 11.9 Å². The molecule has 0 amide bonds. The van der Waals surface area contributed by atoms with Gasteiger partial charge in [0.05, 0.1) is 13.2 Å². The van der Waals surface area contributed by atoms with Crippen molar-refractivity contribution in [3.63, 3.8) is 0 Å². The van der Waals surface area contributed by atoms with Crippen LogP contribution in [0, 0.1) is 18.8 Å². The fraction of sp³-hybridized carbons (Fsp3) is 0.609. The van der Waals surface area contributed by atoms with Crippen molar-refractivity contribution in [3.05, 3.63) is 29.6 Å². The summed E-state index contributed by atoms with van der Waals surface area (Å²) in [6.07, 6.45) is 3.55. The summed E-state index contributed by atoms with van der Waals surface area (Å²) in [5, 5.41) is 6.27. The van der Waals surface area contributed by atoms with Gasteiger partial charge in [0.15, 0.2) is 5.82 Å². The maximum atomic E-state index is 12.9. The van der Waals surface area contributed by atoms with E-state index in [1.165, 1.54) is 7.11 Å². The first-order chi connectivity index (χ1) is 16.3. The van der Waals surface area contributed by atoms with Gasteiger partial charge in [-0.3, -0.25) is 0 Å². The molecule has 1 aromatic heterocycles. The lowest BCUT2D eigenvalue weighted by molar-refractivity contribution is 0.240. The van der Waals surface area contributed by atoms with Gasteiger partial charge in [0, 0.05) is 19.6 Å². The van der Waals surface area contributed by atoms with E-state index in [4.69, 9.17) is 10.5 Å². The molecule has 188 valence electrons. The van der Waals surface area contributed by atoms with Crippen molar-refractivity contribution in [1.29, 1.82) is 0 Å². The average Bonchev–Trinajstić information content (AvgIpc) is 2.83. The Kier molecular flexibility index (Phi) is 9.03. The molecule has 10 nitrogen and oxygen atoms in total. The fourth-order valence-corrected chi connectivity index (χ4v) is 5.65. The number of methoxy groups -OCH3 is 1. The molecule has 5 N–H and O–H groups in total. The largest absolute Gasteiger partial charge is 0.495 e. The highest BCUT2D eigenvalue weighted by Gasteiger charge is 2.30. The van der Waals surface area contributed by atoms with E-state index in [9.17, 15) is 8.42 Å². The molecule has 1 unspecified atom stereocenters. The predicted molar refractivity (Wildman–Crippen MR) is 133 cm³/mol. The Balaban J connectivity index is 1.60. The molecule has 3 rings (SSSR count). The number of rotatable bonds is 11. The minimum Gasteiger partial charge on any atom is -0.495 e. The van der Waals surface area contributed by atoms with Crippen molar-refractivity contribution in [2.24, 2.45) is 17.6 Å². The number of anilines is 2. The molecule has 0 bridgehead atoms. The second kappa shape index (κ2) is 11.8. The number of aryl methyl sites for hydroxylation is 1. The van der Waals surface area contributed by atoms with Crippen molar-refractivity contribution in [2.45, 2.75) is 57.4 Å². The summed E-state index contributed by atoms with van der Waals surface area (Å²) >= 11 is 0. The normalized spacial score (nSPS) is 19.4. The summed E-state index contributed by atoms with van der Waals surface area (Å²) in [7, 11) is -2.18. The number of aromatic nitrogens is 3. The maximum absolute atomic E-state index is 12.9. The second-order valence-electron chi connectivity index (χ2n) is 8.71. The molecule has 1 aromatic carbocycles. The average molecular weight is 492 g/mol. The Bertz CT molecular complexity index is 1030. The van der Waals surface area contributed by atoms with Crippen molar-refractivity contribution in [3.8, 4) is 5.75 Å². The summed E-state index contributed by atoms with van der Waals surface area (Å²) < 4.78 is 33.8. The minimum absolute atomic E-state index is 0.175. The van der Waals surface area contributed by atoms with Gasteiger partial charge >= 0.3 is 0 Å². The van der Waals surface area contributed by atoms with Crippen LogP contribution in [0.2, 0.25) is 0 Å². The molecule has 11 heteroatoms. The second-order valence-corrected chi connectivity index (χ2v) is 10.4. The highest BCUT2D eigenvalue weighted by molar-refractivity contribution is 7.89. The third kappa shape index (κ3) is 6.55. The van der Waals surface area contributed by atoms with Gasteiger partial charge in [-0.2, -0.15) is 15.0 Å². The van der Waals surface area contributed by atoms with Crippen LogP contribution < -0.4 is 25.8 Å². The van der Waals surface area contributed by atoms with Gasteiger partial charge in [0.25, 0.3) is 0 Å². The Hall–Kier alpha value is -2.50. The minimum atomic E-state index is -3.66. The summed E-state index contributed by atoms with van der Waals surface area (Å²) in [4.78, 5) is 13.6. The topological polar surface area (TPSA) is 144 Å². The van der Waals surface area contributed by atoms with E-state index < -0.39 is 10.0 Å². The van der Waals surface area contributed by atoms with Crippen molar-refractivity contribution >= 4 is 21.9 Å². The maximum Gasteiger partial charge on any atom is 0.244 e. The first kappa shape index (κ1) is 26.1. The molecule has 0 radical (unpaired) electrons. The van der Waals surface area contributed by atoms with Gasteiger partial charge in [-0.1, -0.05) is 6.07 Å². The number of hydrogen-bond donors (Lipinski definition) is 4. The SMILES string of the molecule is CCNc1nc(NCC)nc(C(N)C2CCC(CNS(=O)(=O)c3cc(C)ccc3OC)CC2)n1.